The molecule has 0 fully saturated rings. The minimum absolute atomic E-state index is 0.0469. The Labute approximate surface area is 129 Å². The van der Waals surface area contributed by atoms with Crippen LogP contribution >= 0.6 is 11.6 Å². The SMILES string of the molecule is CCC(C)NC(=O)CCn1c(CCl)nc2c(C)nn(C)c21. The van der Waals surface area contributed by atoms with E-state index in [0.717, 1.165) is 29.1 Å². The minimum Gasteiger partial charge on any atom is -0.354 e. The third-order valence-electron chi connectivity index (χ3n) is 3.67. The van der Waals surface area contributed by atoms with E-state index in [1.54, 1.807) is 4.68 Å². The largest absolute Gasteiger partial charge is 0.354 e. The molecular weight excluding hydrogens is 290 g/mol. The Morgan fingerprint density at radius 3 is 2.81 bits per heavy atom. The van der Waals surface area contributed by atoms with Crippen molar-refractivity contribution >= 4 is 28.7 Å². The number of imidazole rings is 1. The number of rotatable bonds is 6. The molecule has 0 aliphatic carbocycles. The van der Waals surface area contributed by atoms with E-state index >= 15 is 0 Å². The second kappa shape index (κ2) is 6.47. The number of carbonyl (C=O) groups is 1. The molecule has 0 aromatic carbocycles. The average Bonchev–Trinajstić information content (AvgIpc) is 2.95. The van der Waals surface area contributed by atoms with Gasteiger partial charge in [0.2, 0.25) is 5.91 Å². The van der Waals surface area contributed by atoms with Crippen molar-refractivity contribution in [1.82, 2.24) is 24.6 Å². The van der Waals surface area contributed by atoms with E-state index < -0.39 is 0 Å². The second-order valence-electron chi connectivity index (χ2n) is 5.32. The van der Waals surface area contributed by atoms with E-state index in [-0.39, 0.29) is 11.9 Å². The molecule has 21 heavy (non-hydrogen) atoms. The summed E-state index contributed by atoms with van der Waals surface area (Å²) in [6.07, 6.45) is 1.33. The smallest absolute Gasteiger partial charge is 0.222 e. The van der Waals surface area contributed by atoms with Crippen molar-refractivity contribution in [2.75, 3.05) is 0 Å². The van der Waals surface area contributed by atoms with Gasteiger partial charge in [-0.15, -0.1) is 11.6 Å². The molecule has 0 bridgehead atoms. The van der Waals surface area contributed by atoms with Gasteiger partial charge >= 0.3 is 0 Å². The Kier molecular flexibility index (Phi) is 4.88. The van der Waals surface area contributed by atoms with Crippen LogP contribution in [0.15, 0.2) is 0 Å². The molecule has 0 spiro atoms. The van der Waals surface area contributed by atoms with Crippen LogP contribution in [-0.2, 0) is 24.3 Å². The summed E-state index contributed by atoms with van der Waals surface area (Å²) in [6, 6.07) is 0.201. The number of hydrogen-bond acceptors (Lipinski definition) is 3. The van der Waals surface area contributed by atoms with Crippen LogP contribution < -0.4 is 5.32 Å². The van der Waals surface area contributed by atoms with Crippen molar-refractivity contribution in [3.8, 4) is 0 Å². The van der Waals surface area contributed by atoms with Crippen molar-refractivity contribution < 1.29 is 4.79 Å². The quantitative estimate of drug-likeness (QED) is 0.831. The summed E-state index contributed by atoms with van der Waals surface area (Å²) in [6.45, 7) is 6.53. The Balaban J connectivity index is 2.19. The van der Waals surface area contributed by atoms with Gasteiger partial charge in [-0.2, -0.15) is 5.10 Å². The molecule has 2 heterocycles. The maximum Gasteiger partial charge on any atom is 0.222 e. The lowest BCUT2D eigenvalue weighted by Gasteiger charge is -2.12. The maximum absolute atomic E-state index is 11.9. The first kappa shape index (κ1) is 15.8. The molecule has 1 N–H and O–H groups in total. The fourth-order valence-electron chi connectivity index (χ4n) is 2.38. The molecule has 0 radical (unpaired) electrons. The van der Waals surface area contributed by atoms with Crippen molar-refractivity contribution in [1.29, 1.82) is 0 Å². The molecule has 0 saturated heterocycles. The topological polar surface area (TPSA) is 64.7 Å². The molecule has 2 rings (SSSR count). The summed E-state index contributed by atoms with van der Waals surface area (Å²) in [4.78, 5) is 16.5. The summed E-state index contributed by atoms with van der Waals surface area (Å²) >= 11 is 5.97. The van der Waals surface area contributed by atoms with E-state index in [1.807, 2.05) is 32.4 Å². The molecule has 1 unspecified atom stereocenters. The van der Waals surface area contributed by atoms with Gasteiger partial charge in [-0.25, -0.2) is 4.98 Å². The van der Waals surface area contributed by atoms with Gasteiger partial charge in [0, 0.05) is 26.1 Å². The highest BCUT2D eigenvalue weighted by atomic mass is 35.5. The third-order valence-corrected chi connectivity index (χ3v) is 3.91. The van der Waals surface area contributed by atoms with E-state index in [4.69, 9.17) is 11.6 Å². The van der Waals surface area contributed by atoms with Gasteiger partial charge in [0.05, 0.1) is 11.6 Å². The third kappa shape index (κ3) is 3.20. The van der Waals surface area contributed by atoms with Crippen molar-refractivity contribution in [2.24, 2.45) is 7.05 Å². The summed E-state index contributed by atoms with van der Waals surface area (Å²) in [7, 11) is 1.88. The first-order valence-electron chi connectivity index (χ1n) is 7.21. The zero-order chi connectivity index (χ0) is 15.6. The highest BCUT2D eigenvalue weighted by Crippen LogP contribution is 2.20. The number of hydrogen-bond donors (Lipinski definition) is 1. The predicted octanol–water partition coefficient (Wildman–Crippen LogP) is 2.12. The average molecular weight is 312 g/mol. The van der Waals surface area contributed by atoms with Gasteiger partial charge in [-0.3, -0.25) is 9.48 Å². The molecule has 6 nitrogen and oxygen atoms in total. The summed E-state index contributed by atoms with van der Waals surface area (Å²) in [5.41, 5.74) is 2.65. The molecule has 0 aliphatic heterocycles. The Bertz CT molecular complexity index is 645. The number of nitrogens with one attached hydrogen (secondary N) is 1. The van der Waals surface area contributed by atoms with Gasteiger partial charge in [0.1, 0.15) is 11.3 Å². The summed E-state index contributed by atoms with van der Waals surface area (Å²) in [5, 5.41) is 7.33. The number of nitrogens with zero attached hydrogens (tertiary/aromatic N) is 4. The summed E-state index contributed by atoms with van der Waals surface area (Å²) < 4.78 is 3.78. The molecule has 1 amide bonds. The number of aryl methyl sites for hydroxylation is 3. The van der Waals surface area contributed by atoms with Crippen molar-refractivity contribution in [3.63, 3.8) is 0 Å². The van der Waals surface area contributed by atoms with E-state index in [0.29, 0.717) is 18.8 Å². The van der Waals surface area contributed by atoms with Crippen molar-refractivity contribution in [3.05, 3.63) is 11.5 Å². The Morgan fingerprint density at radius 1 is 1.48 bits per heavy atom. The van der Waals surface area contributed by atoms with Gasteiger partial charge in [0.25, 0.3) is 0 Å². The summed E-state index contributed by atoms with van der Waals surface area (Å²) in [5.74, 6) is 1.14. The fraction of sp³-hybridized carbons (Fsp3) is 0.643. The van der Waals surface area contributed by atoms with E-state index in [9.17, 15) is 4.79 Å². The fourth-order valence-corrected chi connectivity index (χ4v) is 2.58. The molecule has 0 aliphatic rings. The van der Waals surface area contributed by atoms with Gasteiger partial charge in [0.15, 0.2) is 5.65 Å². The molecule has 0 saturated carbocycles. The van der Waals surface area contributed by atoms with Crippen LogP contribution in [0.2, 0.25) is 0 Å². The lowest BCUT2D eigenvalue weighted by atomic mass is 10.2. The minimum atomic E-state index is 0.0469. The standard InChI is InChI=1S/C14H22ClN5O/c1-5-9(2)16-12(21)6-7-20-11(8-15)17-13-10(3)18-19(4)14(13)20/h9H,5-8H2,1-4H3,(H,16,21). The second-order valence-corrected chi connectivity index (χ2v) is 5.59. The lowest BCUT2D eigenvalue weighted by Crippen LogP contribution is -2.32. The van der Waals surface area contributed by atoms with Crippen LogP contribution in [-0.4, -0.2) is 31.3 Å². The molecular formula is C14H22ClN5O. The van der Waals surface area contributed by atoms with Crippen LogP contribution in [0, 0.1) is 6.92 Å². The molecule has 116 valence electrons. The number of amides is 1. The van der Waals surface area contributed by atoms with Crippen LogP contribution in [0.4, 0.5) is 0 Å². The predicted molar refractivity (Wildman–Crippen MR) is 83.3 cm³/mol. The Hall–Kier alpha value is -1.56. The van der Waals surface area contributed by atoms with Gasteiger partial charge in [-0.05, 0) is 20.3 Å². The van der Waals surface area contributed by atoms with Crippen LogP contribution in [0.25, 0.3) is 11.2 Å². The van der Waals surface area contributed by atoms with Crippen LogP contribution in [0.1, 0.15) is 38.2 Å². The zero-order valence-corrected chi connectivity index (χ0v) is 13.7. The first-order valence-corrected chi connectivity index (χ1v) is 7.75. The first-order chi connectivity index (χ1) is 9.97. The number of alkyl halides is 1. The molecule has 1 atom stereocenters. The number of carbonyl (C=O) groups excluding carboxylic acids is 1. The van der Waals surface area contributed by atoms with Gasteiger partial charge < -0.3 is 9.88 Å². The molecule has 7 heteroatoms. The zero-order valence-electron chi connectivity index (χ0n) is 13.0. The van der Waals surface area contributed by atoms with Crippen LogP contribution in [0.5, 0.6) is 0 Å². The lowest BCUT2D eigenvalue weighted by molar-refractivity contribution is -0.121. The molecule has 2 aromatic rings. The number of fused-ring (bicyclic) bond motifs is 1. The monoisotopic (exact) mass is 311 g/mol. The van der Waals surface area contributed by atoms with E-state index in [1.165, 1.54) is 0 Å². The van der Waals surface area contributed by atoms with Crippen molar-refractivity contribution in [2.45, 2.75) is 52.1 Å². The number of aromatic nitrogens is 4. The highest BCUT2D eigenvalue weighted by molar-refractivity contribution is 6.16. The maximum atomic E-state index is 11.9. The number of halogens is 1. The normalized spacial score (nSPS) is 12.8. The molecule has 2 aromatic heterocycles. The van der Waals surface area contributed by atoms with E-state index in [2.05, 4.69) is 15.4 Å². The van der Waals surface area contributed by atoms with Crippen LogP contribution in [0.3, 0.4) is 0 Å². The Morgan fingerprint density at radius 2 is 2.19 bits per heavy atom. The highest BCUT2D eigenvalue weighted by Gasteiger charge is 2.17. The van der Waals surface area contributed by atoms with Gasteiger partial charge in [-0.1, -0.05) is 6.92 Å².